The zero-order chi connectivity index (χ0) is 15.4. The highest BCUT2D eigenvalue weighted by molar-refractivity contribution is 6.32. The molecule has 0 saturated carbocycles. The second kappa shape index (κ2) is 6.62. The highest BCUT2D eigenvalue weighted by Gasteiger charge is 2.09. The van der Waals surface area contributed by atoms with Crippen LogP contribution in [0.25, 0.3) is 0 Å². The number of hydrogen-bond donors (Lipinski definition) is 0. The summed E-state index contributed by atoms with van der Waals surface area (Å²) in [5.74, 6) is 1.62. The second-order valence-electron chi connectivity index (χ2n) is 4.97. The molecule has 0 saturated heterocycles. The Hall–Kier alpha value is -2.33. The summed E-state index contributed by atoms with van der Waals surface area (Å²) in [6.45, 7) is 2.18. The molecule has 1 heterocycles. The van der Waals surface area contributed by atoms with Gasteiger partial charge < -0.3 is 9.15 Å². The predicted molar refractivity (Wildman–Crippen MR) is 84.1 cm³/mol. The van der Waals surface area contributed by atoms with E-state index in [0.29, 0.717) is 29.0 Å². The molecule has 0 amide bonds. The Bertz CT molecular complexity index is 756. The van der Waals surface area contributed by atoms with Gasteiger partial charge in [-0.25, -0.2) is 0 Å². The number of nitrogens with zero attached hydrogens (tertiary/aromatic N) is 2. The van der Waals surface area contributed by atoms with Crippen molar-refractivity contribution in [2.24, 2.45) is 0 Å². The Balaban J connectivity index is 1.63. The molecule has 0 spiro atoms. The number of aromatic nitrogens is 2. The van der Waals surface area contributed by atoms with E-state index in [0.717, 1.165) is 11.1 Å². The van der Waals surface area contributed by atoms with Gasteiger partial charge in [-0.05, 0) is 30.2 Å². The minimum absolute atomic E-state index is 0.199. The first-order valence-corrected chi connectivity index (χ1v) is 7.32. The normalized spacial score (nSPS) is 10.6. The van der Waals surface area contributed by atoms with E-state index in [4.69, 9.17) is 20.8 Å². The summed E-state index contributed by atoms with van der Waals surface area (Å²) in [4.78, 5) is 0. The van der Waals surface area contributed by atoms with Gasteiger partial charge in [-0.3, -0.25) is 0 Å². The molecule has 0 radical (unpaired) electrons. The van der Waals surface area contributed by atoms with Gasteiger partial charge in [-0.1, -0.05) is 48.0 Å². The number of benzene rings is 2. The van der Waals surface area contributed by atoms with Crippen LogP contribution in [0.4, 0.5) is 0 Å². The molecule has 3 aromatic rings. The van der Waals surface area contributed by atoms with Gasteiger partial charge in [-0.2, -0.15) is 0 Å². The number of aryl methyl sites for hydroxylation is 1. The van der Waals surface area contributed by atoms with Crippen molar-refractivity contribution < 1.29 is 9.15 Å². The summed E-state index contributed by atoms with van der Waals surface area (Å²) in [7, 11) is 0. The first-order valence-electron chi connectivity index (χ1n) is 6.95. The lowest BCUT2D eigenvalue weighted by Gasteiger charge is -2.06. The summed E-state index contributed by atoms with van der Waals surface area (Å²) in [6.07, 6.45) is 0.610. The molecule has 2 aromatic carbocycles. The minimum atomic E-state index is 0.199. The van der Waals surface area contributed by atoms with E-state index in [2.05, 4.69) is 10.2 Å². The zero-order valence-electron chi connectivity index (χ0n) is 12.1. The molecule has 0 aliphatic carbocycles. The van der Waals surface area contributed by atoms with Gasteiger partial charge in [-0.15, -0.1) is 10.2 Å². The van der Waals surface area contributed by atoms with Crippen molar-refractivity contribution in [2.45, 2.75) is 20.0 Å². The fourth-order valence-electron chi connectivity index (χ4n) is 2.05. The molecule has 1 aromatic heterocycles. The molecule has 0 aliphatic heterocycles. The lowest BCUT2D eigenvalue weighted by molar-refractivity contribution is 0.259. The summed E-state index contributed by atoms with van der Waals surface area (Å²) in [5, 5.41) is 8.59. The van der Waals surface area contributed by atoms with Crippen LogP contribution >= 0.6 is 11.6 Å². The molecular weight excluding hydrogens is 300 g/mol. The molecule has 0 bridgehead atoms. The molecule has 0 N–H and O–H groups in total. The molecule has 3 rings (SSSR count). The summed E-state index contributed by atoms with van der Waals surface area (Å²) in [5.41, 5.74) is 2.20. The molecule has 22 heavy (non-hydrogen) atoms. The summed E-state index contributed by atoms with van der Waals surface area (Å²) in [6, 6.07) is 15.6. The van der Waals surface area contributed by atoms with E-state index in [1.54, 1.807) is 6.07 Å². The van der Waals surface area contributed by atoms with Gasteiger partial charge >= 0.3 is 0 Å². The highest BCUT2D eigenvalue weighted by atomic mass is 35.5. The smallest absolute Gasteiger partial charge is 0.253 e. The Morgan fingerprint density at radius 3 is 2.64 bits per heavy atom. The van der Waals surface area contributed by atoms with Gasteiger partial charge in [0.05, 0.1) is 11.4 Å². The largest absolute Gasteiger partial charge is 0.482 e. The Kier molecular flexibility index (Phi) is 4.39. The fourth-order valence-corrected chi connectivity index (χ4v) is 2.22. The first kappa shape index (κ1) is 14.6. The molecular formula is C17H15ClN2O2. The first-order chi connectivity index (χ1) is 10.7. The summed E-state index contributed by atoms with van der Waals surface area (Å²) < 4.78 is 11.2. The molecule has 112 valence electrons. The van der Waals surface area contributed by atoms with E-state index < -0.39 is 0 Å². The van der Waals surface area contributed by atoms with Crippen LogP contribution in [0.15, 0.2) is 52.9 Å². The van der Waals surface area contributed by atoms with E-state index in [1.165, 1.54) is 0 Å². The molecule has 0 aliphatic rings. The van der Waals surface area contributed by atoms with E-state index in [9.17, 15) is 0 Å². The third kappa shape index (κ3) is 3.65. The third-order valence-corrected chi connectivity index (χ3v) is 3.46. The van der Waals surface area contributed by atoms with Crippen molar-refractivity contribution in [1.82, 2.24) is 10.2 Å². The maximum atomic E-state index is 6.08. The summed E-state index contributed by atoms with van der Waals surface area (Å²) >= 11 is 6.08. The Labute approximate surface area is 133 Å². The topological polar surface area (TPSA) is 48.2 Å². The van der Waals surface area contributed by atoms with Gasteiger partial charge in [0, 0.05) is 0 Å². The standard InChI is InChI=1S/C17H15ClN2O2/c1-12-7-8-14(18)15(9-12)21-11-17-20-19-16(22-17)10-13-5-3-2-4-6-13/h2-9H,10-11H2,1H3. The SMILES string of the molecule is Cc1ccc(Cl)c(OCc2nnc(Cc3ccccc3)o2)c1. The average molecular weight is 315 g/mol. The van der Waals surface area contributed by atoms with Crippen LogP contribution < -0.4 is 4.74 Å². The molecule has 0 unspecified atom stereocenters. The van der Waals surface area contributed by atoms with Crippen molar-refractivity contribution >= 4 is 11.6 Å². The zero-order valence-corrected chi connectivity index (χ0v) is 12.9. The number of hydrogen-bond acceptors (Lipinski definition) is 4. The molecule has 4 nitrogen and oxygen atoms in total. The van der Waals surface area contributed by atoms with E-state index >= 15 is 0 Å². The monoisotopic (exact) mass is 314 g/mol. The van der Waals surface area contributed by atoms with Gasteiger partial charge in [0.25, 0.3) is 5.89 Å². The molecule has 0 atom stereocenters. The minimum Gasteiger partial charge on any atom is -0.482 e. The number of ether oxygens (including phenoxy) is 1. The molecule has 5 heteroatoms. The maximum absolute atomic E-state index is 6.08. The van der Waals surface area contributed by atoms with Crippen molar-refractivity contribution in [3.8, 4) is 5.75 Å². The van der Waals surface area contributed by atoms with E-state index in [1.807, 2.05) is 49.4 Å². The van der Waals surface area contributed by atoms with Crippen LogP contribution in [0.3, 0.4) is 0 Å². The molecule has 0 fully saturated rings. The van der Waals surface area contributed by atoms with Crippen molar-refractivity contribution in [2.75, 3.05) is 0 Å². The lowest BCUT2D eigenvalue weighted by atomic mass is 10.2. The maximum Gasteiger partial charge on any atom is 0.253 e. The predicted octanol–water partition coefficient (Wildman–Crippen LogP) is 4.20. The average Bonchev–Trinajstić information content (AvgIpc) is 2.97. The van der Waals surface area contributed by atoms with Gasteiger partial charge in [0.1, 0.15) is 5.75 Å². The van der Waals surface area contributed by atoms with Crippen LogP contribution in [0.5, 0.6) is 5.75 Å². The second-order valence-corrected chi connectivity index (χ2v) is 5.38. The third-order valence-electron chi connectivity index (χ3n) is 3.14. The quantitative estimate of drug-likeness (QED) is 0.708. The lowest BCUT2D eigenvalue weighted by Crippen LogP contribution is -1.96. The Morgan fingerprint density at radius 2 is 1.82 bits per heavy atom. The Morgan fingerprint density at radius 1 is 1.05 bits per heavy atom. The van der Waals surface area contributed by atoms with E-state index in [-0.39, 0.29) is 6.61 Å². The van der Waals surface area contributed by atoms with Crippen LogP contribution in [-0.4, -0.2) is 10.2 Å². The van der Waals surface area contributed by atoms with Crippen LogP contribution in [-0.2, 0) is 13.0 Å². The number of halogens is 1. The van der Waals surface area contributed by atoms with Gasteiger partial charge in [0.15, 0.2) is 6.61 Å². The number of rotatable bonds is 5. The van der Waals surface area contributed by atoms with Crippen molar-refractivity contribution in [3.05, 3.63) is 76.5 Å². The van der Waals surface area contributed by atoms with Crippen LogP contribution in [0.2, 0.25) is 5.02 Å². The highest BCUT2D eigenvalue weighted by Crippen LogP contribution is 2.26. The van der Waals surface area contributed by atoms with Crippen molar-refractivity contribution in [1.29, 1.82) is 0 Å². The van der Waals surface area contributed by atoms with Crippen LogP contribution in [0, 0.1) is 6.92 Å². The van der Waals surface area contributed by atoms with Crippen LogP contribution in [0.1, 0.15) is 22.9 Å². The fraction of sp³-hybridized carbons (Fsp3) is 0.176. The van der Waals surface area contributed by atoms with Crippen molar-refractivity contribution in [3.63, 3.8) is 0 Å². The van der Waals surface area contributed by atoms with Gasteiger partial charge in [0.2, 0.25) is 5.89 Å².